The Morgan fingerprint density at radius 2 is 1.58 bits per heavy atom. The zero-order valence-corrected chi connectivity index (χ0v) is 23.1. The number of aliphatic hydroxyl groups is 1. The predicted molar refractivity (Wildman–Crippen MR) is 146 cm³/mol. The van der Waals surface area contributed by atoms with E-state index in [1.807, 2.05) is 74.5 Å². The minimum Gasteiger partial charge on any atom is -0.445 e. The first-order chi connectivity index (χ1) is 17.9. The van der Waals surface area contributed by atoms with Crippen LogP contribution in [0.4, 0.5) is 9.59 Å². The molecule has 2 rings (SSSR count). The summed E-state index contributed by atoms with van der Waals surface area (Å²) in [5.41, 5.74) is 0.665. The Kier molecular flexibility index (Phi) is 11.6. The molecule has 2 amide bonds. The molecule has 0 bridgehead atoms. The Bertz CT molecular complexity index is 1050. The second-order valence-electron chi connectivity index (χ2n) is 11.3. The summed E-state index contributed by atoms with van der Waals surface area (Å²) >= 11 is 0. The number of hydrogen-bond acceptors (Lipinski definition) is 6. The highest BCUT2D eigenvalue weighted by atomic mass is 16.6. The van der Waals surface area contributed by atoms with Gasteiger partial charge in [0.05, 0.1) is 24.8 Å². The number of benzene rings is 2. The maximum absolute atomic E-state index is 13.2. The van der Waals surface area contributed by atoms with E-state index >= 15 is 0 Å². The van der Waals surface area contributed by atoms with Crippen molar-refractivity contribution in [3.8, 4) is 6.07 Å². The molecular weight excluding hydrogens is 482 g/mol. The number of nitrogens with zero attached hydrogens (tertiary/aromatic N) is 2. The van der Waals surface area contributed by atoms with Gasteiger partial charge in [-0.05, 0) is 50.2 Å². The lowest BCUT2D eigenvalue weighted by Gasteiger charge is -2.35. The number of ether oxygens (including phenoxy) is 2. The van der Waals surface area contributed by atoms with Crippen molar-refractivity contribution in [3.63, 3.8) is 0 Å². The van der Waals surface area contributed by atoms with E-state index in [-0.39, 0.29) is 19.7 Å². The van der Waals surface area contributed by atoms with Crippen molar-refractivity contribution in [1.29, 1.82) is 5.26 Å². The van der Waals surface area contributed by atoms with Crippen LogP contribution in [0.2, 0.25) is 0 Å². The Balaban J connectivity index is 2.22. The molecule has 206 valence electrons. The summed E-state index contributed by atoms with van der Waals surface area (Å²) in [5, 5.41) is 23.2. The number of nitriles is 1. The number of aliphatic hydroxyl groups excluding tert-OH is 1. The fourth-order valence-corrected chi connectivity index (χ4v) is 3.97. The highest BCUT2D eigenvalue weighted by Gasteiger charge is 2.31. The summed E-state index contributed by atoms with van der Waals surface area (Å²) in [7, 11) is 0. The van der Waals surface area contributed by atoms with Gasteiger partial charge >= 0.3 is 12.2 Å². The quantitative estimate of drug-likeness (QED) is 0.382. The molecule has 0 heterocycles. The molecule has 0 aliphatic heterocycles. The molecule has 2 aromatic carbocycles. The van der Waals surface area contributed by atoms with Gasteiger partial charge in [-0.2, -0.15) is 5.26 Å². The highest BCUT2D eigenvalue weighted by molar-refractivity contribution is 5.69. The first kappa shape index (κ1) is 30.7. The summed E-state index contributed by atoms with van der Waals surface area (Å²) in [5.74, 6) is 0. The molecule has 0 radical (unpaired) electrons. The van der Waals surface area contributed by atoms with Crippen LogP contribution in [0.3, 0.4) is 0 Å². The third kappa shape index (κ3) is 11.7. The zero-order valence-electron chi connectivity index (χ0n) is 23.1. The molecular formula is C30H41N3O5. The van der Waals surface area contributed by atoms with Crippen molar-refractivity contribution in [2.75, 3.05) is 13.1 Å². The average molecular weight is 524 g/mol. The van der Waals surface area contributed by atoms with Gasteiger partial charge < -0.3 is 24.8 Å². The number of amides is 2. The predicted octanol–water partition coefficient (Wildman–Crippen LogP) is 5.45. The van der Waals surface area contributed by atoms with Gasteiger partial charge in [0.25, 0.3) is 0 Å². The van der Waals surface area contributed by atoms with Gasteiger partial charge in [0.15, 0.2) is 0 Å². The van der Waals surface area contributed by atoms with Gasteiger partial charge in [-0.1, -0.05) is 74.5 Å². The monoisotopic (exact) mass is 523 g/mol. The standard InChI is InChI=1S/C30H41N3O5/c1-29(2,3)38-27(35)32-25(19-23-13-8-6-9-14-23)26(34)20-33(22-30(4,5)17-12-18-31)28(36)37-21-24-15-10-7-11-16-24/h6-11,13-16,25-26,34H,12,17,19-22H2,1-5H3,(H,32,35)/t25?,26-/m1/s1. The number of alkyl carbamates (subject to hydrolysis) is 1. The highest BCUT2D eigenvalue weighted by Crippen LogP contribution is 2.25. The molecule has 2 atom stereocenters. The van der Waals surface area contributed by atoms with Crippen molar-refractivity contribution in [2.45, 2.75) is 78.2 Å². The van der Waals surface area contributed by atoms with Crippen LogP contribution in [0.15, 0.2) is 60.7 Å². The minimum atomic E-state index is -1.11. The Labute approximate surface area is 226 Å². The van der Waals surface area contributed by atoms with Gasteiger partial charge in [-0.15, -0.1) is 0 Å². The van der Waals surface area contributed by atoms with Crippen LogP contribution in [0.5, 0.6) is 0 Å². The van der Waals surface area contributed by atoms with Crippen LogP contribution in [-0.2, 0) is 22.5 Å². The van der Waals surface area contributed by atoms with Gasteiger partial charge in [0.1, 0.15) is 12.2 Å². The van der Waals surface area contributed by atoms with Crippen LogP contribution >= 0.6 is 0 Å². The lowest BCUT2D eigenvalue weighted by Crippen LogP contribution is -2.52. The molecule has 0 saturated carbocycles. The molecule has 2 N–H and O–H groups in total. The van der Waals surface area contributed by atoms with Gasteiger partial charge in [-0.3, -0.25) is 0 Å². The van der Waals surface area contributed by atoms with Crippen LogP contribution < -0.4 is 5.32 Å². The Hall–Kier alpha value is -3.57. The van der Waals surface area contributed by atoms with E-state index in [0.29, 0.717) is 19.3 Å². The molecule has 0 aliphatic carbocycles. The molecule has 1 unspecified atom stereocenters. The molecule has 0 spiro atoms. The first-order valence-electron chi connectivity index (χ1n) is 12.9. The smallest absolute Gasteiger partial charge is 0.410 e. The fraction of sp³-hybridized carbons (Fsp3) is 0.500. The summed E-state index contributed by atoms with van der Waals surface area (Å²) in [6.45, 7) is 9.52. The summed E-state index contributed by atoms with van der Waals surface area (Å²) < 4.78 is 11.0. The molecule has 38 heavy (non-hydrogen) atoms. The van der Waals surface area contributed by atoms with Crippen molar-refractivity contribution < 1.29 is 24.2 Å². The minimum absolute atomic E-state index is 0.0725. The molecule has 8 heteroatoms. The van der Waals surface area contributed by atoms with Gasteiger partial charge in [0.2, 0.25) is 0 Å². The van der Waals surface area contributed by atoms with Crippen molar-refractivity contribution in [2.24, 2.45) is 5.41 Å². The third-order valence-electron chi connectivity index (χ3n) is 5.87. The first-order valence-corrected chi connectivity index (χ1v) is 12.9. The fourth-order valence-electron chi connectivity index (χ4n) is 3.97. The second-order valence-corrected chi connectivity index (χ2v) is 11.3. The molecule has 0 saturated heterocycles. The summed E-state index contributed by atoms with van der Waals surface area (Å²) in [4.78, 5) is 27.3. The van der Waals surface area contributed by atoms with Crippen LogP contribution in [0.1, 0.15) is 58.6 Å². The lowest BCUT2D eigenvalue weighted by molar-refractivity contribution is 0.0278. The molecule has 0 aromatic heterocycles. The van der Waals surface area contributed by atoms with Crippen molar-refractivity contribution in [1.82, 2.24) is 10.2 Å². The SMILES string of the molecule is CC(C)(CCC#N)CN(C[C@@H](O)C(Cc1ccccc1)NC(=O)OC(C)(C)C)C(=O)OCc1ccccc1. The van der Waals surface area contributed by atoms with Gasteiger partial charge in [-0.25, -0.2) is 9.59 Å². The van der Waals surface area contributed by atoms with Crippen molar-refractivity contribution in [3.05, 3.63) is 71.8 Å². The van der Waals surface area contributed by atoms with Gasteiger partial charge in [0, 0.05) is 13.0 Å². The largest absolute Gasteiger partial charge is 0.445 e. The van der Waals surface area contributed by atoms with Crippen LogP contribution in [0.25, 0.3) is 0 Å². The average Bonchev–Trinajstić information content (AvgIpc) is 2.85. The van der Waals surface area contributed by atoms with E-state index in [9.17, 15) is 14.7 Å². The molecule has 8 nitrogen and oxygen atoms in total. The second kappa shape index (κ2) is 14.4. The van der Waals surface area contributed by atoms with E-state index in [4.69, 9.17) is 14.7 Å². The third-order valence-corrected chi connectivity index (χ3v) is 5.87. The van der Waals surface area contributed by atoms with Crippen LogP contribution in [0, 0.1) is 16.7 Å². The lowest BCUT2D eigenvalue weighted by atomic mass is 9.87. The molecule has 0 fully saturated rings. The number of carbonyl (C=O) groups is 2. The van der Waals surface area contributed by atoms with E-state index in [2.05, 4.69) is 11.4 Å². The van der Waals surface area contributed by atoms with E-state index in [1.54, 1.807) is 20.8 Å². The summed E-state index contributed by atoms with van der Waals surface area (Å²) in [6.07, 6.45) is -1.07. The van der Waals surface area contributed by atoms with Crippen molar-refractivity contribution >= 4 is 12.2 Å². The molecule has 2 aromatic rings. The Morgan fingerprint density at radius 3 is 2.13 bits per heavy atom. The zero-order chi connectivity index (χ0) is 28.2. The number of rotatable bonds is 12. The van der Waals surface area contributed by atoms with E-state index < -0.39 is 35.3 Å². The molecule has 0 aliphatic rings. The topological polar surface area (TPSA) is 112 Å². The number of carbonyl (C=O) groups excluding carboxylic acids is 2. The normalized spacial score (nSPS) is 13.1. The summed E-state index contributed by atoms with van der Waals surface area (Å²) in [6, 6.07) is 20.3. The van der Waals surface area contributed by atoms with E-state index in [1.165, 1.54) is 4.90 Å². The number of nitrogens with one attached hydrogen (secondary N) is 1. The maximum atomic E-state index is 13.2. The number of hydrogen-bond donors (Lipinski definition) is 2. The van der Waals surface area contributed by atoms with E-state index in [0.717, 1.165) is 11.1 Å². The maximum Gasteiger partial charge on any atom is 0.410 e. The van der Waals surface area contributed by atoms with Crippen LogP contribution in [-0.4, -0.2) is 53.0 Å². The Morgan fingerprint density at radius 1 is 1.00 bits per heavy atom.